The smallest absolute Gasteiger partial charge is 0.319 e. The van der Waals surface area contributed by atoms with E-state index in [1.54, 1.807) is 4.90 Å². The number of fused-ring (bicyclic) bond motifs is 3. The number of carbonyl (C=O) groups is 1. The lowest BCUT2D eigenvalue weighted by atomic mass is 9.95. The van der Waals surface area contributed by atoms with Crippen LogP contribution in [0.4, 0.5) is 29.7 Å². The van der Waals surface area contributed by atoms with Gasteiger partial charge in [-0.2, -0.15) is 9.97 Å². The Hall–Kier alpha value is -4.48. The largest absolute Gasteiger partial charge is 0.461 e. The second kappa shape index (κ2) is 11.4. The number of pyridine rings is 1. The van der Waals surface area contributed by atoms with Gasteiger partial charge >= 0.3 is 6.01 Å². The van der Waals surface area contributed by atoms with Gasteiger partial charge < -0.3 is 20.3 Å². The number of halogens is 3. The fraction of sp³-hybridized carbons (Fsp3) is 0.406. The number of ether oxygens (including phenoxy) is 1. The molecular weight excluding hydrogens is 617 g/mol. The van der Waals surface area contributed by atoms with Crippen LogP contribution in [0.15, 0.2) is 31.0 Å². The number of alkyl halides is 1. The van der Waals surface area contributed by atoms with Crippen LogP contribution in [-0.2, 0) is 4.79 Å². The van der Waals surface area contributed by atoms with Crippen LogP contribution >= 0.6 is 11.3 Å². The third-order valence-corrected chi connectivity index (χ3v) is 10.6. The number of nitrogens with two attached hydrogens (primary N) is 1. The number of thiophene rings is 1. The first-order chi connectivity index (χ1) is 22.1. The van der Waals surface area contributed by atoms with Crippen LogP contribution in [0, 0.1) is 18.2 Å². The number of hydrogen-bond acceptors (Lipinski definition) is 9. The van der Waals surface area contributed by atoms with Gasteiger partial charge in [-0.05, 0) is 37.9 Å². The van der Waals surface area contributed by atoms with Crippen LogP contribution in [0.5, 0.6) is 6.01 Å². The van der Waals surface area contributed by atoms with Gasteiger partial charge in [-0.1, -0.05) is 12.6 Å². The van der Waals surface area contributed by atoms with Crippen LogP contribution < -0.4 is 15.4 Å². The molecular formula is C32H31F3N8O2S. The maximum atomic E-state index is 16.7. The third-order valence-electron chi connectivity index (χ3n) is 9.56. The van der Waals surface area contributed by atoms with Crippen LogP contribution in [0.25, 0.3) is 37.1 Å². The zero-order valence-corrected chi connectivity index (χ0v) is 25.9. The molecule has 10 nitrogen and oxygen atoms in total. The molecule has 1 amide bonds. The van der Waals surface area contributed by atoms with Gasteiger partial charge in [0.1, 0.15) is 35.6 Å². The molecule has 3 unspecified atom stereocenters. The Kier molecular flexibility index (Phi) is 7.48. The molecule has 7 rings (SSSR count). The minimum atomic E-state index is -0.947. The fourth-order valence-corrected chi connectivity index (χ4v) is 8.17. The molecule has 3 saturated heterocycles. The van der Waals surface area contributed by atoms with E-state index in [1.165, 1.54) is 24.4 Å². The van der Waals surface area contributed by atoms with Crippen LogP contribution in [0.2, 0.25) is 0 Å². The molecule has 14 heteroatoms. The number of amides is 1. The van der Waals surface area contributed by atoms with E-state index in [1.807, 2.05) is 11.9 Å². The average molecular weight is 649 g/mol. The molecule has 0 aliphatic carbocycles. The predicted octanol–water partition coefficient (Wildman–Crippen LogP) is 5.50. The van der Waals surface area contributed by atoms with Gasteiger partial charge in [-0.25, -0.2) is 18.0 Å². The van der Waals surface area contributed by atoms with Crippen molar-refractivity contribution in [3.63, 3.8) is 0 Å². The highest BCUT2D eigenvalue weighted by atomic mass is 32.1. The number of hydrogen-bond donors (Lipinski definition) is 1. The van der Waals surface area contributed by atoms with Gasteiger partial charge in [0, 0.05) is 56.3 Å². The molecule has 0 spiro atoms. The van der Waals surface area contributed by atoms with E-state index in [2.05, 4.69) is 26.3 Å². The molecule has 6 heterocycles. The van der Waals surface area contributed by atoms with Gasteiger partial charge in [-0.3, -0.25) is 14.7 Å². The Morgan fingerprint density at radius 1 is 1.33 bits per heavy atom. The molecule has 3 aromatic heterocycles. The zero-order valence-electron chi connectivity index (χ0n) is 25.1. The number of likely N-dealkylation sites (tertiary alicyclic amines) is 1. The van der Waals surface area contributed by atoms with E-state index in [9.17, 15) is 13.6 Å². The summed E-state index contributed by atoms with van der Waals surface area (Å²) >= 11 is 0.922. The van der Waals surface area contributed by atoms with E-state index in [4.69, 9.17) is 22.0 Å². The Morgan fingerprint density at radius 2 is 2.15 bits per heavy atom. The fourth-order valence-electron chi connectivity index (χ4n) is 7.23. The van der Waals surface area contributed by atoms with Crippen LogP contribution in [0.1, 0.15) is 25.7 Å². The van der Waals surface area contributed by atoms with E-state index in [0.717, 1.165) is 30.7 Å². The molecule has 2 N–H and O–H groups in total. The summed E-state index contributed by atoms with van der Waals surface area (Å²) in [7, 11) is 1.81. The Balaban J connectivity index is 1.34. The summed E-state index contributed by atoms with van der Waals surface area (Å²) < 4.78 is 52.2. The number of anilines is 2. The van der Waals surface area contributed by atoms with Crippen LogP contribution in [0.3, 0.4) is 0 Å². The summed E-state index contributed by atoms with van der Waals surface area (Å²) in [4.78, 5) is 35.1. The molecule has 238 valence electrons. The van der Waals surface area contributed by atoms with E-state index in [0.29, 0.717) is 43.7 Å². The molecule has 1 aromatic carbocycles. The van der Waals surface area contributed by atoms with Crippen molar-refractivity contribution in [3.8, 4) is 17.3 Å². The molecule has 4 aromatic rings. The first-order valence-corrected chi connectivity index (χ1v) is 15.9. The topological polar surface area (TPSA) is 105 Å². The van der Waals surface area contributed by atoms with Crippen molar-refractivity contribution in [3.05, 3.63) is 54.0 Å². The highest BCUT2D eigenvalue weighted by Crippen LogP contribution is 2.47. The minimum Gasteiger partial charge on any atom is -0.461 e. The van der Waals surface area contributed by atoms with Crippen LogP contribution in [-0.4, -0.2) is 88.2 Å². The second-order valence-electron chi connectivity index (χ2n) is 12.1. The summed E-state index contributed by atoms with van der Waals surface area (Å²) in [6, 6.07) is 2.36. The molecule has 3 aliphatic heterocycles. The lowest BCUT2D eigenvalue weighted by molar-refractivity contribution is -0.125. The van der Waals surface area contributed by atoms with Crippen molar-refractivity contribution < 1.29 is 22.7 Å². The number of benzene rings is 1. The van der Waals surface area contributed by atoms with E-state index >= 15 is 4.39 Å². The highest BCUT2D eigenvalue weighted by molar-refractivity contribution is 7.23. The van der Waals surface area contributed by atoms with Gasteiger partial charge in [-0.15, -0.1) is 11.3 Å². The summed E-state index contributed by atoms with van der Waals surface area (Å²) in [5.41, 5.74) is 5.60. The maximum absolute atomic E-state index is 16.7. The van der Waals surface area contributed by atoms with Gasteiger partial charge in [0.05, 0.1) is 27.2 Å². The lowest BCUT2D eigenvalue weighted by Gasteiger charge is -2.31. The molecule has 3 fully saturated rings. The van der Waals surface area contributed by atoms with Crippen molar-refractivity contribution in [2.75, 3.05) is 50.5 Å². The molecule has 0 bridgehead atoms. The summed E-state index contributed by atoms with van der Waals surface area (Å²) in [6.45, 7) is 13.4. The van der Waals surface area contributed by atoms with Crippen molar-refractivity contribution in [2.45, 2.75) is 43.4 Å². The molecule has 46 heavy (non-hydrogen) atoms. The van der Waals surface area contributed by atoms with Crippen molar-refractivity contribution >= 4 is 54.7 Å². The molecule has 0 saturated carbocycles. The third kappa shape index (κ3) is 4.80. The molecule has 3 aliphatic rings. The summed E-state index contributed by atoms with van der Waals surface area (Å²) in [5, 5.41) is 0.623. The first kappa shape index (κ1) is 30.2. The predicted molar refractivity (Wildman–Crippen MR) is 171 cm³/mol. The monoisotopic (exact) mass is 648 g/mol. The SMILES string of the molecule is [C-]#[N+]c1c(N)sc2c(F)ccc(-c3ncc4c(N(C)C5CCN(C(=O)C=C)C5)nc(OCC56CCCN5CC(F)C6)nc4c3F)c12. The normalized spacial score (nSPS) is 22.8. The number of nitrogen functional groups attached to an aromatic ring is 1. The average Bonchev–Trinajstić information content (AvgIpc) is 3.82. The number of aromatic nitrogens is 3. The first-order valence-electron chi connectivity index (χ1n) is 15.0. The highest BCUT2D eigenvalue weighted by Gasteiger charge is 2.49. The maximum Gasteiger partial charge on any atom is 0.319 e. The molecule has 0 radical (unpaired) electrons. The number of likely N-dealkylation sites (N-methyl/N-ethyl adjacent to an activating group) is 1. The van der Waals surface area contributed by atoms with Crippen molar-refractivity contribution in [2.24, 2.45) is 0 Å². The summed E-state index contributed by atoms with van der Waals surface area (Å²) in [6.07, 6.45) is 4.48. The Bertz CT molecular complexity index is 1950. The van der Waals surface area contributed by atoms with Crippen molar-refractivity contribution in [1.29, 1.82) is 0 Å². The quantitative estimate of drug-likeness (QED) is 0.207. The Morgan fingerprint density at radius 3 is 2.93 bits per heavy atom. The van der Waals surface area contributed by atoms with Gasteiger partial charge in [0.15, 0.2) is 5.82 Å². The molecule has 3 atom stereocenters. The van der Waals surface area contributed by atoms with Gasteiger partial charge in [0.2, 0.25) is 11.6 Å². The van der Waals surface area contributed by atoms with E-state index < -0.39 is 23.3 Å². The van der Waals surface area contributed by atoms with E-state index in [-0.39, 0.29) is 62.1 Å². The second-order valence-corrected chi connectivity index (χ2v) is 13.2. The number of nitrogens with zero attached hydrogens (tertiary/aromatic N) is 7. The Labute approximate surface area is 267 Å². The van der Waals surface area contributed by atoms with Gasteiger partial charge in [0.25, 0.3) is 0 Å². The standard InChI is InChI=1S/C32H31F3N8O2S/c1-4-22(44)42-11-8-18(15-42)41(3)30-20-13-38-25(19-6-7-21(34)28-23(19)27(37-2)29(36)46-28)24(35)26(20)39-31(40-30)45-16-32-9-5-10-43(32)14-17(33)12-32/h4,6-7,13,17-18H,1,5,8-12,14-16,36H2,3H3. The zero-order chi connectivity index (χ0) is 32.3. The van der Waals surface area contributed by atoms with Crippen molar-refractivity contribution in [1.82, 2.24) is 24.8 Å². The number of rotatable bonds is 7. The lowest BCUT2D eigenvalue weighted by Crippen LogP contribution is -2.43. The number of carbonyl (C=O) groups excluding carboxylic acids is 1. The summed E-state index contributed by atoms with van der Waals surface area (Å²) in [5.74, 6) is -1.19. The minimum absolute atomic E-state index is 0.0332.